The molecule has 1 fully saturated rings. The molecule has 0 atom stereocenters. The molecule has 4 rings (SSSR count). The molecule has 2 heterocycles. The normalized spacial score (nSPS) is 15.1. The maximum atomic E-state index is 13.7. The van der Waals surface area contributed by atoms with Crippen LogP contribution in [-0.2, 0) is 14.4 Å². The average Bonchev–Trinajstić information content (AvgIpc) is 3.36. The molecule has 2 amide bonds. The standard InChI is InChI=1S/C30H29NO4S/c1-17(2)26-27(19(5)24-16-25(36-20(24)6)21-10-8-7-9-11-21)29(33)31(28(26)32)22-12-14-23(15-13-22)35-30(34)18(3)4/h7-16,18H,1-6H3. The van der Waals surface area contributed by atoms with Crippen LogP contribution >= 0.6 is 11.3 Å². The minimum atomic E-state index is -0.354. The molecular formula is C30H29NO4S. The molecule has 2 aromatic carbocycles. The van der Waals surface area contributed by atoms with E-state index in [9.17, 15) is 14.4 Å². The van der Waals surface area contributed by atoms with E-state index in [2.05, 4.69) is 18.2 Å². The number of hydrogen-bond acceptors (Lipinski definition) is 5. The van der Waals surface area contributed by atoms with Crippen molar-refractivity contribution in [3.8, 4) is 16.2 Å². The Morgan fingerprint density at radius 1 is 0.889 bits per heavy atom. The number of anilines is 1. The lowest BCUT2D eigenvalue weighted by Crippen LogP contribution is -2.29. The lowest BCUT2D eigenvalue weighted by Gasteiger charge is -2.14. The number of benzene rings is 2. The summed E-state index contributed by atoms with van der Waals surface area (Å²) in [5.41, 5.74) is 4.94. The zero-order valence-electron chi connectivity index (χ0n) is 21.3. The fourth-order valence-corrected chi connectivity index (χ4v) is 5.29. The monoisotopic (exact) mass is 499 g/mol. The SMILES string of the molecule is CC(C)=C1C(=O)N(c2ccc(OC(=O)C(C)C)cc2)C(=O)C1=C(C)c1cc(-c2ccccc2)sc1C. The van der Waals surface area contributed by atoms with Gasteiger partial charge in [0.2, 0.25) is 0 Å². The Labute approximate surface area is 215 Å². The van der Waals surface area contributed by atoms with Gasteiger partial charge in [-0.15, -0.1) is 11.3 Å². The molecule has 36 heavy (non-hydrogen) atoms. The molecule has 1 aliphatic rings. The predicted octanol–water partition coefficient (Wildman–Crippen LogP) is 6.97. The van der Waals surface area contributed by atoms with Crippen molar-refractivity contribution in [1.29, 1.82) is 0 Å². The van der Waals surface area contributed by atoms with E-state index in [1.165, 1.54) is 4.90 Å². The molecule has 1 aromatic heterocycles. The van der Waals surface area contributed by atoms with Gasteiger partial charge in [-0.2, -0.15) is 0 Å². The van der Waals surface area contributed by atoms with Crippen molar-refractivity contribution in [3.05, 3.63) is 87.8 Å². The van der Waals surface area contributed by atoms with E-state index < -0.39 is 0 Å². The molecule has 1 saturated heterocycles. The van der Waals surface area contributed by atoms with Crippen LogP contribution in [0.15, 0.2) is 77.4 Å². The molecule has 0 N–H and O–H groups in total. The van der Waals surface area contributed by atoms with E-state index in [-0.39, 0.29) is 23.7 Å². The van der Waals surface area contributed by atoms with Crippen LogP contribution < -0.4 is 9.64 Å². The summed E-state index contributed by atoms with van der Waals surface area (Å²) in [7, 11) is 0. The van der Waals surface area contributed by atoms with Gasteiger partial charge in [-0.3, -0.25) is 14.4 Å². The van der Waals surface area contributed by atoms with Crippen molar-refractivity contribution in [2.24, 2.45) is 5.92 Å². The molecule has 3 aromatic rings. The predicted molar refractivity (Wildman–Crippen MR) is 145 cm³/mol. The fourth-order valence-electron chi connectivity index (χ4n) is 4.21. The summed E-state index contributed by atoms with van der Waals surface area (Å²) in [4.78, 5) is 42.5. The van der Waals surface area contributed by atoms with Gasteiger partial charge in [-0.25, -0.2) is 4.90 Å². The molecule has 0 radical (unpaired) electrons. The van der Waals surface area contributed by atoms with E-state index in [1.807, 2.05) is 45.9 Å². The molecule has 6 heteroatoms. The second kappa shape index (κ2) is 10.1. The highest BCUT2D eigenvalue weighted by Gasteiger charge is 2.42. The quantitative estimate of drug-likeness (QED) is 0.165. The second-order valence-electron chi connectivity index (χ2n) is 9.34. The first kappa shape index (κ1) is 25.3. The first-order chi connectivity index (χ1) is 17.1. The number of esters is 1. The Morgan fingerprint density at radius 3 is 2.08 bits per heavy atom. The van der Waals surface area contributed by atoms with Crippen LogP contribution in [0, 0.1) is 12.8 Å². The number of aryl methyl sites for hydroxylation is 1. The van der Waals surface area contributed by atoms with Gasteiger partial charge in [0.15, 0.2) is 0 Å². The lowest BCUT2D eigenvalue weighted by atomic mass is 9.95. The van der Waals surface area contributed by atoms with Crippen LogP contribution in [0.1, 0.15) is 45.1 Å². The molecule has 0 unspecified atom stereocenters. The van der Waals surface area contributed by atoms with E-state index in [1.54, 1.807) is 49.4 Å². The van der Waals surface area contributed by atoms with Crippen LogP contribution in [0.25, 0.3) is 16.0 Å². The van der Waals surface area contributed by atoms with Crippen molar-refractivity contribution >= 4 is 40.4 Å². The van der Waals surface area contributed by atoms with Gasteiger partial charge < -0.3 is 4.74 Å². The van der Waals surface area contributed by atoms with E-state index in [0.29, 0.717) is 22.6 Å². The number of rotatable bonds is 5. The molecule has 5 nitrogen and oxygen atoms in total. The third-order valence-electron chi connectivity index (χ3n) is 6.12. The number of nitrogens with zero attached hydrogens (tertiary/aromatic N) is 1. The van der Waals surface area contributed by atoms with E-state index in [4.69, 9.17) is 4.74 Å². The molecule has 1 aliphatic heterocycles. The molecule has 184 valence electrons. The van der Waals surface area contributed by atoms with Gasteiger partial charge in [0, 0.05) is 9.75 Å². The van der Waals surface area contributed by atoms with Gasteiger partial charge in [-0.05, 0) is 74.7 Å². The van der Waals surface area contributed by atoms with Crippen LogP contribution in [0.3, 0.4) is 0 Å². The van der Waals surface area contributed by atoms with Gasteiger partial charge in [0.1, 0.15) is 5.75 Å². The Balaban J connectivity index is 1.74. The van der Waals surface area contributed by atoms with Crippen LogP contribution in [0.4, 0.5) is 5.69 Å². The van der Waals surface area contributed by atoms with E-state index in [0.717, 1.165) is 32.0 Å². The van der Waals surface area contributed by atoms with Crippen LogP contribution in [0.2, 0.25) is 0 Å². The van der Waals surface area contributed by atoms with Crippen molar-refractivity contribution < 1.29 is 19.1 Å². The van der Waals surface area contributed by atoms with Crippen molar-refractivity contribution in [3.63, 3.8) is 0 Å². The highest BCUT2D eigenvalue weighted by molar-refractivity contribution is 7.15. The highest BCUT2D eigenvalue weighted by Crippen LogP contribution is 2.41. The third-order valence-corrected chi connectivity index (χ3v) is 7.22. The fraction of sp³-hybridized carbons (Fsp3) is 0.233. The Bertz CT molecular complexity index is 1400. The number of carbonyl (C=O) groups excluding carboxylic acids is 3. The van der Waals surface area contributed by atoms with Gasteiger partial charge in [-0.1, -0.05) is 49.8 Å². The molecule has 0 spiro atoms. The number of hydrogen-bond donors (Lipinski definition) is 0. The Kier molecular flexibility index (Phi) is 7.09. The zero-order valence-corrected chi connectivity index (χ0v) is 22.2. The summed E-state index contributed by atoms with van der Waals surface area (Å²) in [6.07, 6.45) is 0. The summed E-state index contributed by atoms with van der Waals surface area (Å²) in [6.45, 7) is 11.2. The topological polar surface area (TPSA) is 63.7 Å². The molecule has 0 bridgehead atoms. The summed E-state index contributed by atoms with van der Waals surface area (Å²) < 4.78 is 5.33. The first-order valence-electron chi connectivity index (χ1n) is 11.9. The maximum Gasteiger partial charge on any atom is 0.313 e. The first-order valence-corrected chi connectivity index (χ1v) is 12.7. The van der Waals surface area contributed by atoms with Crippen molar-refractivity contribution in [1.82, 2.24) is 0 Å². The minimum absolute atomic E-state index is 0.259. The average molecular weight is 500 g/mol. The third kappa shape index (κ3) is 4.69. The van der Waals surface area contributed by atoms with E-state index >= 15 is 0 Å². The second-order valence-corrected chi connectivity index (χ2v) is 10.6. The number of thiophene rings is 1. The molecular weight excluding hydrogens is 470 g/mol. The summed E-state index contributed by atoms with van der Waals surface area (Å²) >= 11 is 1.67. The highest BCUT2D eigenvalue weighted by atomic mass is 32.1. The lowest BCUT2D eigenvalue weighted by molar-refractivity contribution is -0.137. The number of ether oxygens (including phenoxy) is 1. The summed E-state index contributed by atoms with van der Waals surface area (Å²) in [5, 5.41) is 0. The minimum Gasteiger partial charge on any atom is -0.426 e. The van der Waals surface area contributed by atoms with Gasteiger partial charge in [0.05, 0.1) is 22.8 Å². The number of carbonyl (C=O) groups is 3. The van der Waals surface area contributed by atoms with Crippen molar-refractivity contribution in [2.75, 3.05) is 4.90 Å². The largest absolute Gasteiger partial charge is 0.426 e. The summed E-state index contributed by atoms with van der Waals surface area (Å²) in [6, 6.07) is 18.7. The smallest absolute Gasteiger partial charge is 0.313 e. The van der Waals surface area contributed by atoms with Gasteiger partial charge >= 0.3 is 5.97 Å². The molecule has 0 saturated carbocycles. The number of allylic oxidation sites excluding steroid dienone is 2. The molecule has 0 aliphatic carbocycles. The van der Waals surface area contributed by atoms with Crippen LogP contribution in [-0.4, -0.2) is 17.8 Å². The number of amides is 2. The zero-order chi connectivity index (χ0) is 26.1. The number of imide groups is 1. The summed E-state index contributed by atoms with van der Waals surface area (Å²) in [5.74, 6) is -0.937. The van der Waals surface area contributed by atoms with Gasteiger partial charge in [0.25, 0.3) is 11.8 Å². The van der Waals surface area contributed by atoms with Crippen molar-refractivity contribution in [2.45, 2.75) is 41.5 Å². The maximum absolute atomic E-state index is 13.7. The van der Waals surface area contributed by atoms with Crippen LogP contribution in [0.5, 0.6) is 5.75 Å². The Morgan fingerprint density at radius 2 is 1.50 bits per heavy atom. The Hall–Kier alpha value is -3.77.